The number of nitrogens with one attached hydrogen (secondary N) is 2. The van der Waals surface area contributed by atoms with Gasteiger partial charge in [0.25, 0.3) is 0 Å². The molecule has 0 unspecified atom stereocenters. The van der Waals surface area contributed by atoms with Gasteiger partial charge in [-0.2, -0.15) is 0 Å². The third-order valence-electron chi connectivity index (χ3n) is 5.94. The Labute approximate surface area is 188 Å². The molecule has 32 heavy (non-hydrogen) atoms. The number of hydrogen-bond donors (Lipinski definition) is 3. The Balaban J connectivity index is 1.52. The lowest BCUT2D eigenvalue weighted by molar-refractivity contribution is -0.147. The van der Waals surface area contributed by atoms with E-state index >= 15 is 0 Å². The second-order valence-electron chi connectivity index (χ2n) is 9.27. The van der Waals surface area contributed by atoms with E-state index in [4.69, 9.17) is 4.74 Å². The number of ether oxygens (including phenoxy) is 1. The Morgan fingerprint density at radius 2 is 1.47 bits per heavy atom. The van der Waals surface area contributed by atoms with Crippen LogP contribution in [-0.4, -0.2) is 41.8 Å². The molecule has 0 atom stereocenters. The van der Waals surface area contributed by atoms with E-state index in [1.165, 1.54) is 13.8 Å². The first-order valence-corrected chi connectivity index (χ1v) is 10.7. The maximum Gasteiger partial charge on any atom is 0.407 e. The van der Waals surface area contributed by atoms with E-state index in [0.29, 0.717) is 6.42 Å². The summed E-state index contributed by atoms with van der Waals surface area (Å²) < 4.78 is 5.50. The van der Waals surface area contributed by atoms with Gasteiger partial charge >= 0.3 is 12.1 Å². The van der Waals surface area contributed by atoms with Crippen LogP contribution in [-0.2, 0) is 14.3 Å². The van der Waals surface area contributed by atoms with Crippen molar-refractivity contribution in [3.8, 4) is 11.1 Å². The number of benzene rings is 2. The Morgan fingerprint density at radius 3 is 2.00 bits per heavy atom. The summed E-state index contributed by atoms with van der Waals surface area (Å²) in [4.78, 5) is 36.0. The predicted octanol–water partition coefficient (Wildman–Crippen LogP) is 3.92. The van der Waals surface area contributed by atoms with Crippen LogP contribution in [0.1, 0.15) is 51.2 Å². The lowest BCUT2D eigenvalue weighted by atomic mass is 9.87. The number of carbonyl (C=O) groups is 3. The van der Waals surface area contributed by atoms with Crippen molar-refractivity contribution < 1.29 is 24.2 Å². The highest BCUT2D eigenvalue weighted by Gasteiger charge is 2.35. The Morgan fingerprint density at radius 1 is 0.938 bits per heavy atom. The number of aliphatic carboxylic acids is 1. The van der Waals surface area contributed by atoms with Gasteiger partial charge in [-0.25, -0.2) is 9.59 Å². The molecule has 1 aliphatic carbocycles. The van der Waals surface area contributed by atoms with Gasteiger partial charge in [0.2, 0.25) is 5.91 Å². The summed E-state index contributed by atoms with van der Waals surface area (Å²) in [6.07, 6.45) is -0.215. The molecule has 0 bridgehead atoms. The van der Waals surface area contributed by atoms with Gasteiger partial charge in [-0.05, 0) is 42.5 Å². The van der Waals surface area contributed by atoms with Crippen LogP contribution >= 0.6 is 0 Å². The highest BCUT2D eigenvalue weighted by atomic mass is 16.5. The van der Waals surface area contributed by atoms with E-state index in [2.05, 4.69) is 34.9 Å². The number of carboxylic acid groups (broad SMARTS) is 1. The van der Waals surface area contributed by atoms with Crippen LogP contribution in [0.25, 0.3) is 11.1 Å². The fourth-order valence-electron chi connectivity index (χ4n) is 3.75. The maximum atomic E-state index is 12.5. The molecule has 2 aromatic carbocycles. The quantitative estimate of drug-likeness (QED) is 0.579. The molecule has 0 fully saturated rings. The lowest BCUT2D eigenvalue weighted by Gasteiger charge is -2.29. The highest BCUT2D eigenvalue weighted by molar-refractivity contribution is 5.89. The van der Waals surface area contributed by atoms with Crippen molar-refractivity contribution in [1.29, 1.82) is 0 Å². The van der Waals surface area contributed by atoms with Crippen molar-refractivity contribution in [2.45, 2.75) is 45.6 Å². The number of amides is 2. The number of rotatable bonds is 8. The Hall–Kier alpha value is -3.35. The van der Waals surface area contributed by atoms with Gasteiger partial charge in [-0.15, -0.1) is 0 Å². The summed E-state index contributed by atoms with van der Waals surface area (Å²) >= 11 is 0. The molecule has 0 saturated heterocycles. The van der Waals surface area contributed by atoms with Gasteiger partial charge in [-0.1, -0.05) is 62.4 Å². The molecular weight excluding hydrogens is 408 g/mol. The summed E-state index contributed by atoms with van der Waals surface area (Å²) in [6.45, 7) is 6.72. The average Bonchev–Trinajstić information content (AvgIpc) is 3.05. The molecule has 0 heterocycles. The second kappa shape index (κ2) is 9.02. The van der Waals surface area contributed by atoms with Crippen molar-refractivity contribution in [3.05, 3.63) is 59.7 Å². The highest BCUT2D eigenvalue weighted by Crippen LogP contribution is 2.44. The number of alkyl carbamates (subject to hydrolysis) is 1. The monoisotopic (exact) mass is 438 g/mol. The molecule has 0 spiro atoms. The van der Waals surface area contributed by atoms with Crippen LogP contribution in [0, 0.1) is 5.41 Å². The normalized spacial score (nSPS) is 13.1. The topological polar surface area (TPSA) is 105 Å². The summed E-state index contributed by atoms with van der Waals surface area (Å²) in [7, 11) is 0. The van der Waals surface area contributed by atoms with E-state index in [1.807, 2.05) is 24.3 Å². The zero-order chi connectivity index (χ0) is 23.5. The standard InChI is InChI=1S/C25H30N2O5/c1-24(2,21(28)27-25(3,4)22(29)30)13-14-26-23(31)32-15-20-18-11-7-5-9-16(18)17-10-6-8-12-19(17)20/h5-12,20H,13-15H2,1-4H3,(H,26,31)(H,27,28)(H,29,30). The van der Waals surface area contributed by atoms with Crippen LogP contribution in [0.4, 0.5) is 4.79 Å². The fourth-order valence-corrected chi connectivity index (χ4v) is 3.75. The molecule has 170 valence electrons. The third kappa shape index (κ3) is 4.93. The van der Waals surface area contributed by atoms with E-state index in [9.17, 15) is 19.5 Å². The van der Waals surface area contributed by atoms with E-state index in [1.54, 1.807) is 13.8 Å². The molecule has 0 saturated carbocycles. The summed E-state index contributed by atoms with van der Waals surface area (Å²) in [5, 5.41) is 14.4. The van der Waals surface area contributed by atoms with Crippen LogP contribution in [0.3, 0.4) is 0 Å². The molecular formula is C25H30N2O5. The molecule has 2 aromatic rings. The third-order valence-corrected chi connectivity index (χ3v) is 5.94. The van der Waals surface area contributed by atoms with Crippen LogP contribution in [0.2, 0.25) is 0 Å². The smallest absolute Gasteiger partial charge is 0.407 e. The first kappa shape index (κ1) is 23.3. The first-order valence-electron chi connectivity index (χ1n) is 10.7. The molecule has 3 N–H and O–H groups in total. The largest absolute Gasteiger partial charge is 0.480 e. The van der Waals surface area contributed by atoms with Crippen LogP contribution < -0.4 is 10.6 Å². The van der Waals surface area contributed by atoms with Gasteiger partial charge in [0, 0.05) is 17.9 Å². The molecule has 0 aliphatic heterocycles. The van der Waals surface area contributed by atoms with Crippen molar-refractivity contribution >= 4 is 18.0 Å². The molecule has 2 amide bonds. The minimum Gasteiger partial charge on any atom is -0.480 e. The maximum absolute atomic E-state index is 12.5. The molecule has 3 rings (SSSR count). The zero-order valence-electron chi connectivity index (χ0n) is 18.9. The van der Waals surface area contributed by atoms with Crippen molar-refractivity contribution in [2.24, 2.45) is 5.41 Å². The number of fused-ring (bicyclic) bond motifs is 3. The molecule has 7 heteroatoms. The van der Waals surface area contributed by atoms with E-state index < -0.39 is 23.0 Å². The minimum absolute atomic E-state index is 0.0198. The summed E-state index contributed by atoms with van der Waals surface area (Å²) in [5.41, 5.74) is 2.38. The van der Waals surface area contributed by atoms with Crippen LogP contribution in [0.5, 0.6) is 0 Å². The van der Waals surface area contributed by atoms with Gasteiger partial charge in [-0.3, -0.25) is 4.79 Å². The summed E-state index contributed by atoms with van der Waals surface area (Å²) in [6, 6.07) is 16.2. The Kier molecular flexibility index (Phi) is 6.57. The predicted molar refractivity (Wildman–Crippen MR) is 121 cm³/mol. The lowest BCUT2D eigenvalue weighted by Crippen LogP contribution is -2.53. The van der Waals surface area contributed by atoms with Crippen molar-refractivity contribution in [2.75, 3.05) is 13.2 Å². The minimum atomic E-state index is -1.37. The van der Waals surface area contributed by atoms with Crippen LogP contribution in [0.15, 0.2) is 48.5 Å². The number of carboxylic acids is 1. The zero-order valence-corrected chi connectivity index (χ0v) is 18.9. The van der Waals surface area contributed by atoms with Gasteiger partial charge in [0.05, 0.1) is 0 Å². The van der Waals surface area contributed by atoms with Crippen molar-refractivity contribution in [3.63, 3.8) is 0 Å². The average molecular weight is 439 g/mol. The molecule has 0 radical (unpaired) electrons. The first-order chi connectivity index (χ1) is 15.0. The summed E-state index contributed by atoms with van der Waals surface area (Å²) in [5.74, 6) is -1.52. The molecule has 1 aliphatic rings. The molecule has 0 aromatic heterocycles. The van der Waals surface area contributed by atoms with Crippen molar-refractivity contribution in [1.82, 2.24) is 10.6 Å². The van der Waals surface area contributed by atoms with Gasteiger partial charge in [0.15, 0.2) is 0 Å². The SMILES string of the molecule is CC(C)(CCNC(=O)OCC1c2ccccc2-c2ccccc21)C(=O)NC(C)(C)C(=O)O. The van der Waals surface area contributed by atoms with Gasteiger partial charge in [0.1, 0.15) is 12.1 Å². The van der Waals surface area contributed by atoms with E-state index in [-0.39, 0.29) is 25.0 Å². The van der Waals surface area contributed by atoms with Gasteiger partial charge < -0.3 is 20.5 Å². The number of carbonyl (C=O) groups excluding carboxylic acids is 2. The van der Waals surface area contributed by atoms with E-state index in [0.717, 1.165) is 22.3 Å². The second-order valence-corrected chi connectivity index (χ2v) is 9.27. The number of hydrogen-bond acceptors (Lipinski definition) is 4. The Bertz CT molecular complexity index is 983. The fraction of sp³-hybridized carbons (Fsp3) is 0.400. The molecule has 7 nitrogen and oxygen atoms in total.